The summed E-state index contributed by atoms with van der Waals surface area (Å²) in [6, 6.07) is 1.99. The van der Waals surface area contributed by atoms with Crippen molar-refractivity contribution in [2.24, 2.45) is 5.92 Å². The summed E-state index contributed by atoms with van der Waals surface area (Å²) in [6.07, 6.45) is 2.54. The molecule has 2 rings (SSSR count). The third kappa shape index (κ3) is 4.07. The highest BCUT2D eigenvalue weighted by atomic mass is 15.1. The minimum absolute atomic E-state index is 0.340. The van der Waals surface area contributed by atoms with Crippen molar-refractivity contribution in [3.63, 3.8) is 0 Å². The Morgan fingerprint density at radius 2 is 1.90 bits per heavy atom. The van der Waals surface area contributed by atoms with E-state index in [0.717, 1.165) is 29.9 Å². The van der Waals surface area contributed by atoms with E-state index in [0.29, 0.717) is 5.92 Å². The average molecular weight is 277 g/mol. The normalized spacial score (nSPS) is 17.4. The lowest BCUT2D eigenvalue weighted by Crippen LogP contribution is -2.33. The molecule has 1 aromatic heterocycles. The summed E-state index contributed by atoms with van der Waals surface area (Å²) in [5, 5.41) is 6.60. The lowest BCUT2D eigenvalue weighted by molar-refractivity contribution is 0.226. The molecule has 0 aliphatic carbocycles. The van der Waals surface area contributed by atoms with Crippen LogP contribution in [0, 0.1) is 5.92 Å². The van der Waals surface area contributed by atoms with Gasteiger partial charge in [-0.25, -0.2) is 9.97 Å². The summed E-state index contributed by atoms with van der Waals surface area (Å²) in [5.74, 6) is 3.80. The molecule has 1 fully saturated rings. The summed E-state index contributed by atoms with van der Waals surface area (Å²) < 4.78 is 0. The summed E-state index contributed by atoms with van der Waals surface area (Å²) >= 11 is 0. The number of hydrogen-bond acceptors (Lipinski definition) is 5. The number of anilines is 2. The Balaban J connectivity index is 1.96. The van der Waals surface area contributed by atoms with Gasteiger partial charge in [0.15, 0.2) is 0 Å². The van der Waals surface area contributed by atoms with E-state index in [1.165, 1.54) is 25.9 Å². The smallest absolute Gasteiger partial charge is 0.135 e. The monoisotopic (exact) mass is 277 g/mol. The Labute approximate surface area is 122 Å². The van der Waals surface area contributed by atoms with Gasteiger partial charge in [0.2, 0.25) is 0 Å². The number of aromatic nitrogens is 2. The molecular weight excluding hydrogens is 250 g/mol. The van der Waals surface area contributed by atoms with Crippen molar-refractivity contribution >= 4 is 11.6 Å². The molecule has 2 heterocycles. The topological polar surface area (TPSA) is 53.1 Å². The van der Waals surface area contributed by atoms with Crippen LogP contribution in [0.25, 0.3) is 0 Å². The van der Waals surface area contributed by atoms with Crippen molar-refractivity contribution in [3.05, 3.63) is 11.9 Å². The van der Waals surface area contributed by atoms with Crippen LogP contribution in [0.4, 0.5) is 11.6 Å². The molecule has 112 valence electrons. The van der Waals surface area contributed by atoms with E-state index in [-0.39, 0.29) is 0 Å². The maximum atomic E-state index is 4.61. The quantitative estimate of drug-likeness (QED) is 0.865. The van der Waals surface area contributed by atoms with Crippen LogP contribution in [0.1, 0.15) is 38.4 Å². The largest absolute Gasteiger partial charge is 0.373 e. The number of rotatable bonds is 5. The van der Waals surface area contributed by atoms with E-state index in [4.69, 9.17) is 0 Å². The lowest BCUT2D eigenvalue weighted by atomic mass is 9.97. The van der Waals surface area contributed by atoms with Crippen molar-refractivity contribution < 1.29 is 0 Å². The maximum absolute atomic E-state index is 4.61. The Hall–Kier alpha value is -1.36. The van der Waals surface area contributed by atoms with E-state index in [9.17, 15) is 0 Å². The summed E-state index contributed by atoms with van der Waals surface area (Å²) in [4.78, 5) is 11.5. The molecule has 5 nitrogen and oxygen atoms in total. The Morgan fingerprint density at radius 3 is 2.50 bits per heavy atom. The number of nitrogens with one attached hydrogen (secondary N) is 2. The van der Waals surface area contributed by atoms with Crippen molar-refractivity contribution in [3.8, 4) is 0 Å². The molecule has 0 atom stereocenters. The molecule has 0 aromatic carbocycles. The minimum atomic E-state index is 0.340. The van der Waals surface area contributed by atoms with E-state index in [1.807, 2.05) is 13.1 Å². The fraction of sp³-hybridized carbons (Fsp3) is 0.733. The number of nitrogens with zero attached hydrogens (tertiary/aromatic N) is 3. The van der Waals surface area contributed by atoms with Crippen LogP contribution in [0.3, 0.4) is 0 Å². The van der Waals surface area contributed by atoms with Gasteiger partial charge in [-0.1, -0.05) is 13.8 Å². The minimum Gasteiger partial charge on any atom is -0.373 e. The van der Waals surface area contributed by atoms with Gasteiger partial charge in [-0.15, -0.1) is 0 Å². The van der Waals surface area contributed by atoms with Gasteiger partial charge in [-0.3, -0.25) is 0 Å². The van der Waals surface area contributed by atoms with Crippen LogP contribution in [0.2, 0.25) is 0 Å². The third-order valence-corrected chi connectivity index (χ3v) is 3.93. The maximum Gasteiger partial charge on any atom is 0.135 e. The first-order valence-electron chi connectivity index (χ1n) is 7.57. The molecule has 20 heavy (non-hydrogen) atoms. The third-order valence-electron chi connectivity index (χ3n) is 3.93. The van der Waals surface area contributed by atoms with Gasteiger partial charge < -0.3 is 15.5 Å². The average Bonchev–Trinajstić information content (AvgIpc) is 2.46. The molecule has 1 aliphatic heterocycles. The van der Waals surface area contributed by atoms with Crippen molar-refractivity contribution in [2.75, 3.05) is 44.4 Å². The van der Waals surface area contributed by atoms with Crippen molar-refractivity contribution in [1.29, 1.82) is 0 Å². The van der Waals surface area contributed by atoms with E-state index >= 15 is 0 Å². The number of hydrogen-bond donors (Lipinski definition) is 2. The molecule has 0 radical (unpaired) electrons. The Kier molecular flexibility index (Phi) is 5.17. The number of likely N-dealkylation sites (tertiary alicyclic amines) is 1. The second kappa shape index (κ2) is 6.88. The fourth-order valence-corrected chi connectivity index (χ4v) is 2.46. The van der Waals surface area contributed by atoms with Gasteiger partial charge >= 0.3 is 0 Å². The Morgan fingerprint density at radius 1 is 1.25 bits per heavy atom. The first-order chi connectivity index (χ1) is 9.58. The van der Waals surface area contributed by atoms with Crippen molar-refractivity contribution in [2.45, 2.75) is 32.6 Å². The van der Waals surface area contributed by atoms with Gasteiger partial charge in [0.05, 0.1) is 0 Å². The van der Waals surface area contributed by atoms with Crippen molar-refractivity contribution in [1.82, 2.24) is 14.9 Å². The molecule has 2 N–H and O–H groups in total. The highest BCUT2D eigenvalue weighted by Crippen LogP contribution is 2.19. The highest BCUT2D eigenvalue weighted by Gasteiger charge is 2.16. The lowest BCUT2D eigenvalue weighted by Gasteiger charge is -2.29. The van der Waals surface area contributed by atoms with E-state index in [1.54, 1.807) is 0 Å². The fourth-order valence-electron chi connectivity index (χ4n) is 2.46. The molecule has 1 aliphatic rings. The molecule has 0 bridgehead atoms. The molecule has 0 spiro atoms. The molecular formula is C15H27N5. The zero-order chi connectivity index (χ0) is 14.5. The predicted molar refractivity (Wildman–Crippen MR) is 84.4 cm³/mol. The summed E-state index contributed by atoms with van der Waals surface area (Å²) in [5.41, 5.74) is 0. The summed E-state index contributed by atoms with van der Waals surface area (Å²) in [6.45, 7) is 7.65. The van der Waals surface area contributed by atoms with E-state index in [2.05, 4.69) is 46.4 Å². The number of piperidine rings is 1. The SMILES string of the molecule is CNc1cc(NCC2CCN(C)CC2)nc(C(C)C)n1. The second-order valence-electron chi connectivity index (χ2n) is 6.03. The highest BCUT2D eigenvalue weighted by molar-refractivity contribution is 5.47. The zero-order valence-corrected chi connectivity index (χ0v) is 13.1. The van der Waals surface area contributed by atoms with Gasteiger partial charge in [-0.2, -0.15) is 0 Å². The van der Waals surface area contributed by atoms with Crippen LogP contribution in [0.5, 0.6) is 0 Å². The first kappa shape index (κ1) is 15.0. The molecule has 0 saturated carbocycles. The van der Waals surface area contributed by atoms with Crippen LogP contribution in [0.15, 0.2) is 6.07 Å². The second-order valence-corrected chi connectivity index (χ2v) is 6.03. The predicted octanol–water partition coefficient (Wildman–Crippen LogP) is 2.40. The standard InChI is InChI=1S/C15H27N5/c1-11(2)15-18-13(16-3)9-14(19-15)17-10-12-5-7-20(4)8-6-12/h9,11-12H,5-8,10H2,1-4H3,(H2,16,17,18,19). The molecule has 5 heteroatoms. The first-order valence-corrected chi connectivity index (χ1v) is 7.57. The van der Waals surface area contributed by atoms with E-state index < -0.39 is 0 Å². The van der Waals surface area contributed by atoms with Gasteiger partial charge in [0.25, 0.3) is 0 Å². The van der Waals surface area contributed by atoms with Gasteiger partial charge in [0, 0.05) is 25.6 Å². The Bertz CT molecular complexity index is 424. The van der Waals surface area contributed by atoms with Crippen LogP contribution in [-0.2, 0) is 0 Å². The van der Waals surface area contributed by atoms with Gasteiger partial charge in [0.1, 0.15) is 17.5 Å². The molecule has 1 aromatic rings. The zero-order valence-electron chi connectivity index (χ0n) is 13.1. The molecule has 0 amide bonds. The molecule has 1 saturated heterocycles. The van der Waals surface area contributed by atoms with Crippen LogP contribution in [-0.4, -0.2) is 48.6 Å². The van der Waals surface area contributed by atoms with Crippen LogP contribution >= 0.6 is 0 Å². The molecule has 0 unspecified atom stereocenters. The van der Waals surface area contributed by atoms with Gasteiger partial charge in [-0.05, 0) is 38.9 Å². The summed E-state index contributed by atoms with van der Waals surface area (Å²) in [7, 11) is 4.09. The van der Waals surface area contributed by atoms with Crippen LogP contribution < -0.4 is 10.6 Å².